The molecule has 0 aromatic rings. The van der Waals surface area contributed by atoms with Crippen LogP contribution < -0.4 is 0 Å². The number of hydrogen-bond acceptors (Lipinski definition) is 2. The highest BCUT2D eigenvalue weighted by molar-refractivity contribution is 5.99. The molecule has 1 atom stereocenters. The molecule has 0 bridgehead atoms. The number of Topliss-reactive ketones (excluding diaryl/α,β-unsaturated/α-hetero) is 2. The smallest absolute Gasteiger partial charge is 0.143 e. The summed E-state index contributed by atoms with van der Waals surface area (Å²) >= 11 is 0. The van der Waals surface area contributed by atoms with Crippen LogP contribution in [-0.4, -0.2) is 11.6 Å². The molecule has 0 saturated heterocycles. The minimum absolute atomic E-state index is 0.0470. The molecule has 0 aromatic heterocycles. The first kappa shape index (κ1) is 11.3. The van der Waals surface area contributed by atoms with Gasteiger partial charge in [0.2, 0.25) is 0 Å². The Balaban J connectivity index is 3.76. The quantitative estimate of drug-likeness (QED) is 0.573. The van der Waals surface area contributed by atoms with Gasteiger partial charge in [0, 0.05) is 12.3 Å². The van der Waals surface area contributed by atoms with Crippen molar-refractivity contribution < 1.29 is 9.59 Å². The van der Waals surface area contributed by atoms with Gasteiger partial charge in [-0.15, -0.1) is 0 Å². The number of carbonyl (C=O) groups is 2. The molecule has 0 N–H and O–H groups in total. The van der Waals surface area contributed by atoms with Gasteiger partial charge in [0.15, 0.2) is 0 Å². The Morgan fingerprint density at radius 2 is 1.83 bits per heavy atom. The maximum absolute atomic E-state index is 11.2. The molecule has 0 spiro atoms. The molecule has 0 amide bonds. The summed E-state index contributed by atoms with van der Waals surface area (Å²) in [6, 6.07) is 0. The highest BCUT2D eigenvalue weighted by Gasteiger charge is 2.13. The minimum atomic E-state index is 0.0470. The Labute approximate surface area is 74.3 Å². The van der Waals surface area contributed by atoms with Crippen molar-refractivity contribution in [2.75, 3.05) is 0 Å². The Morgan fingerprint density at radius 1 is 1.25 bits per heavy atom. The monoisotopic (exact) mass is 170 g/mol. The van der Waals surface area contributed by atoms with E-state index in [1.807, 2.05) is 20.8 Å². The summed E-state index contributed by atoms with van der Waals surface area (Å²) in [4.78, 5) is 22.3. The van der Waals surface area contributed by atoms with Crippen molar-refractivity contribution in [2.45, 2.75) is 46.5 Å². The van der Waals surface area contributed by atoms with Gasteiger partial charge in [-0.25, -0.2) is 0 Å². The van der Waals surface area contributed by atoms with Crippen molar-refractivity contribution in [3.05, 3.63) is 0 Å². The molecular weight excluding hydrogens is 152 g/mol. The van der Waals surface area contributed by atoms with Crippen LogP contribution in [0.4, 0.5) is 0 Å². The van der Waals surface area contributed by atoms with Gasteiger partial charge in [-0.2, -0.15) is 0 Å². The van der Waals surface area contributed by atoms with Gasteiger partial charge >= 0.3 is 0 Å². The number of hydrogen-bond donors (Lipinski definition) is 0. The predicted octanol–water partition coefficient (Wildman–Crippen LogP) is 2.36. The molecular formula is C10H18O2. The third-order valence-corrected chi connectivity index (χ3v) is 2.06. The molecule has 2 nitrogen and oxygen atoms in total. The van der Waals surface area contributed by atoms with Crippen LogP contribution in [0, 0.1) is 5.92 Å². The number of ketones is 2. The summed E-state index contributed by atoms with van der Waals surface area (Å²) < 4.78 is 0. The molecule has 0 rings (SSSR count). The van der Waals surface area contributed by atoms with E-state index in [2.05, 4.69) is 0 Å². The van der Waals surface area contributed by atoms with Crippen LogP contribution in [0.25, 0.3) is 0 Å². The van der Waals surface area contributed by atoms with E-state index in [0.717, 1.165) is 12.8 Å². The van der Waals surface area contributed by atoms with E-state index < -0.39 is 0 Å². The standard InChI is InChI=1S/C10H18O2/c1-4-6-9(11)7-10(12)8(3)5-2/h8H,4-7H2,1-3H3. The second-order valence-corrected chi connectivity index (χ2v) is 3.24. The molecule has 0 heterocycles. The van der Waals surface area contributed by atoms with Crippen LogP contribution in [0.1, 0.15) is 46.5 Å². The van der Waals surface area contributed by atoms with E-state index in [9.17, 15) is 9.59 Å². The lowest BCUT2D eigenvalue weighted by Crippen LogP contribution is -2.14. The van der Waals surface area contributed by atoms with Crippen LogP contribution in [0.5, 0.6) is 0 Å². The molecule has 0 aromatic carbocycles. The van der Waals surface area contributed by atoms with Crippen LogP contribution in [0.2, 0.25) is 0 Å². The second-order valence-electron chi connectivity index (χ2n) is 3.24. The number of rotatable bonds is 6. The Bertz CT molecular complexity index is 161. The first-order valence-corrected chi connectivity index (χ1v) is 4.66. The zero-order valence-electron chi connectivity index (χ0n) is 8.22. The first-order valence-electron chi connectivity index (χ1n) is 4.66. The van der Waals surface area contributed by atoms with Crippen molar-refractivity contribution in [2.24, 2.45) is 5.92 Å². The fourth-order valence-electron chi connectivity index (χ4n) is 0.963. The molecule has 2 heteroatoms. The van der Waals surface area contributed by atoms with Gasteiger partial charge in [-0.3, -0.25) is 9.59 Å². The zero-order valence-corrected chi connectivity index (χ0v) is 8.22. The summed E-state index contributed by atoms with van der Waals surface area (Å²) in [7, 11) is 0. The summed E-state index contributed by atoms with van der Waals surface area (Å²) in [5, 5.41) is 0. The highest BCUT2D eigenvalue weighted by atomic mass is 16.1. The Hall–Kier alpha value is -0.660. The van der Waals surface area contributed by atoms with E-state index in [1.165, 1.54) is 0 Å². The third-order valence-electron chi connectivity index (χ3n) is 2.06. The summed E-state index contributed by atoms with van der Waals surface area (Å²) in [5.74, 6) is 0.226. The normalized spacial score (nSPS) is 12.6. The Morgan fingerprint density at radius 3 is 2.25 bits per heavy atom. The van der Waals surface area contributed by atoms with Crippen LogP contribution in [0.3, 0.4) is 0 Å². The lowest BCUT2D eigenvalue weighted by molar-refractivity contribution is -0.129. The summed E-state index contributed by atoms with van der Waals surface area (Å²) in [6.45, 7) is 5.79. The van der Waals surface area contributed by atoms with Crippen molar-refractivity contribution in [3.63, 3.8) is 0 Å². The van der Waals surface area contributed by atoms with E-state index in [4.69, 9.17) is 0 Å². The van der Waals surface area contributed by atoms with Gasteiger partial charge < -0.3 is 0 Å². The largest absolute Gasteiger partial charge is 0.299 e. The SMILES string of the molecule is CCCC(=O)CC(=O)C(C)CC. The van der Waals surface area contributed by atoms with Crippen LogP contribution in [0.15, 0.2) is 0 Å². The molecule has 0 fully saturated rings. The molecule has 12 heavy (non-hydrogen) atoms. The molecule has 0 aliphatic carbocycles. The lowest BCUT2D eigenvalue weighted by atomic mass is 9.98. The van der Waals surface area contributed by atoms with E-state index in [0.29, 0.717) is 6.42 Å². The summed E-state index contributed by atoms with van der Waals surface area (Å²) in [6.07, 6.45) is 2.36. The zero-order chi connectivity index (χ0) is 9.56. The van der Waals surface area contributed by atoms with Gasteiger partial charge in [-0.1, -0.05) is 20.8 Å². The Kier molecular flexibility index (Phi) is 5.60. The molecule has 0 saturated carbocycles. The topological polar surface area (TPSA) is 34.1 Å². The minimum Gasteiger partial charge on any atom is -0.299 e. The van der Waals surface area contributed by atoms with E-state index >= 15 is 0 Å². The predicted molar refractivity (Wildman–Crippen MR) is 49.0 cm³/mol. The molecule has 1 unspecified atom stereocenters. The van der Waals surface area contributed by atoms with Crippen molar-refractivity contribution in [1.82, 2.24) is 0 Å². The van der Waals surface area contributed by atoms with E-state index in [-0.39, 0.29) is 23.9 Å². The molecule has 0 radical (unpaired) electrons. The first-order chi connectivity index (χ1) is 5.61. The second kappa shape index (κ2) is 5.92. The van der Waals surface area contributed by atoms with Crippen molar-refractivity contribution in [3.8, 4) is 0 Å². The highest BCUT2D eigenvalue weighted by Crippen LogP contribution is 2.06. The van der Waals surface area contributed by atoms with E-state index in [1.54, 1.807) is 0 Å². The van der Waals surface area contributed by atoms with Gasteiger partial charge in [-0.05, 0) is 12.8 Å². The average molecular weight is 170 g/mol. The molecule has 70 valence electrons. The molecule has 0 aliphatic rings. The van der Waals surface area contributed by atoms with Gasteiger partial charge in [0.05, 0.1) is 6.42 Å². The van der Waals surface area contributed by atoms with Crippen LogP contribution >= 0.6 is 0 Å². The number of carbonyl (C=O) groups excluding carboxylic acids is 2. The maximum atomic E-state index is 11.2. The van der Waals surface area contributed by atoms with Crippen molar-refractivity contribution in [1.29, 1.82) is 0 Å². The summed E-state index contributed by atoms with van der Waals surface area (Å²) in [5.41, 5.74) is 0. The third kappa shape index (κ3) is 4.27. The maximum Gasteiger partial charge on any atom is 0.143 e. The van der Waals surface area contributed by atoms with Crippen molar-refractivity contribution >= 4 is 11.6 Å². The van der Waals surface area contributed by atoms with Crippen LogP contribution in [-0.2, 0) is 9.59 Å². The molecule has 0 aliphatic heterocycles. The fourth-order valence-corrected chi connectivity index (χ4v) is 0.963. The van der Waals surface area contributed by atoms with Gasteiger partial charge in [0.1, 0.15) is 11.6 Å². The average Bonchev–Trinajstić information content (AvgIpc) is 2.03. The van der Waals surface area contributed by atoms with Gasteiger partial charge in [0.25, 0.3) is 0 Å². The fraction of sp³-hybridized carbons (Fsp3) is 0.800. The lowest BCUT2D eigenvalue weighted by Gasteiger charge is -2.05.